The Kier molecular flexibility index (Phi) is 5.80. The lowest BCUT2D eigenvalue weighted by Crippen LogP contribution is -2.28. The van der Waals surface area contributed by atoms with Crippen molar-refractivity contribution in [2.24, 2.45) is 5.92 Å². The van der Waals surface area contributed by atoms with Gasteiger partial charge in [-0.05, 0) is 31.4 Å². The second kappa shape index (κ2) is 7.60. The summed E-state index contributed by atoms with van der Waals surface area (Å²) >= 11 is 0. The molecule has 0 aromatic heterocycles. The van der Waals surface area contributed by atoms with Gasteiger partial charge in [-0.1, -0.05) is 50.6 Å². The highest BCUT2D eigenvalue weighted by molar-refractivity contribution is 5.78. The molecule has 3 nitrogen and oxygen atoms in total. The van der Waals surface area contributed by atoms with E-state index in [1.165, 1.54) is 0 Å². The Labute approximate surface area is 128 Å². The SMILES string of the molecule is CCCC(C)C(C(=O)OC1CCN(C)C1)c1ccccc1. The number of likely N-dealkylation sites (N-methyl/N-ethyl adjacent to an activating group) is 1. The van der Waals surface area contributed by atoms with E-state index in [0.717, 1.165) is 37.9 Å². The number of hydrogen-bond acceptors (Lipinski definition) is 3. The van der Waals surface area contributed by atoms with Gasteiger partial charge in [0.05, 0.1) is 5.92 Å². The maximum Gasteiger partial charge on any atom is 0.314 e. The third-order valence-electron chi connectivity index (χ3n) is 4.36. The minimum absolute atomic E-state index is 0.0533. The zero-order valence-electron chi connectivity index (χ0n) is 13.4. The molecule has 0 bridgehead atoms. The highest BCUT2D eigenvalue weighted by Crippen LogP contribution is 2.30. The number of carbonyl (C=O) groups is 1. The van der Waals surface area contributed by atoms with Gasteiger partial charge in [-0.3, -0.25) is 4.79 Å². The van der Waals surface area contributed by atoms with Crippen LogP contribution < -0.4 is 0 Å². The van der Waals surface area contributed by atoms with Crippen LogP contribution in [0.1, 0.15) is 44.6 Å². The van der Waals surface area contributed by atoms with Crippen LogP contribution in [0, 0.1) is 5.92 Å². The van der Waals surface area contributed by atoms with Gasteiger partial charge < -0.3 is 9.64 Å². The molecule has 21 heavy (non-hydrogen) atoms. The second-order valence-corrected chi connectivity index (χ2v) is 6.26. The van der Waals surface area contributed by atoms with Crippen LogP contribution in [0.15, 0.2) is 30.3 Å². The maximum atomic E-state index is 12.7. The number of hydrogen-bond donors (Lipinski definition) is 0. The second-order valence-electron chi connectivity index (χ2n) is 6.26. The normalized spacial score (nSPS) is 22.0. The van der Waals surface area contributed by atoms with Crippen molar-refractivity contribution >= 4 is 5.97 Å². The summed E-state index contributed by atoms with van der Waals surface area (Å²) in [7, 11) is 2.07. The molecule has 1 heterocycles. The van der Waals surface area contributed by atoms with Gasteiger partial charge in [0.25, 0.3) is 0 Å². The van der Waals surface area contributed by atoms with E-state index in [4.69, 9.17) is 4.74 Å². The molecule has 2 rings (SSSR count). The van der Waals surface area contributed by atoms with Crippen molar-refractivity contribution < 1.29 is 9.53 Å². The van der Waals surface area contributed by atoms with Gasteiger partial charge in [0.1, 0.15) is 6.10 Å². The summed E-state index contributed by atoms with van der Waals surface area (Å²) in [5.74, 6) is 0.114. The largest absolute Gasteiger partial charge is 0.460 e. The van der Waals surface area contributed by atoms with Crippen molar-refractivity contribution in [1.82, 2.24) is 4.90 Å². The van der Waals surface area contributed by atoms with E-state index in [0.29, 0.717) is 5.92 Å². The lowest BCUT2D eigenvalue weighted by Gasteiger charge is -2.24. The third-order valence-corrected chi connectivity index (χ3v) is 4.36. The van der Waals surface area contributed by atoms with E-state index in [-0.39, 0.29) is 18.0 Å². The molecule has 3 atom stereocenters. The molecule has 1 aliphatic heterocycles. The Morgan fingerprint density at radius 2 is 2.10 bits per heavy atom. The lowest BCUT2D eigenvalue weighted by molar-refractivity contribution is -0.151. The molecule has 0 amide bonds. The Bertz CT molecular complexity index is 446. The van der Waals surface area contributed by atoms with E-state index in [2.05, 4.69) is 25.8 Å². The molecule has 0 aliphatic carbocycles. The average Bonchev–Trinajstić information content (AvgIpc) is 2.86. The van der Waals surface area contributed by atoms with Gasteiger partial charge in [0.2, 0.25) is 0 Å². The average molecular weight is 289 g/mol. The summed E-state index contributed by atoms with van der Waals surface area (Å²) in [4.78, 5) is 14.9. The summed E-state index contributed by atoms with van der Waals surface area (Å²) in [5.41, 5.74) is 1.08. The molecule has 0 spiro atoms. The first-order chi connectivity index (χ1) is 10.1. The fourth-order valence-electron chi connectivity index (χ4n) is 3.21. The zero-order chi connectivity index (χ0) is 15.2. The zero-order valence-corrected chi connectivity index (χ0v) is 13.4. The van der Waals surface area contributed by atoms with E-state index in [9.17, 15) is 4.79 Å². The molecule has 1 aromatic rings. The molecule has 0 N–H and O–H groups in total. The molecule has 1 saturated heterocycles. The predicted molar refractivity (Wildman–Crippen MR) is 85.2 cm³/mol. The number of likely N-dealkylation sites (tertiary alicyclic amines) is 1. The third kappa shape index (κ3) is 4.31. The van der Waals surface area contributed by atoms with Crippen LogP contribution in [0.5, 0.6) is 0 Å². The van der Waals surface area contributed by atoms with E-state index >= 15 is 0 Å². The van der Waals surface area contributed by atoms with Gasteiger partial charge in [0, 0.05) is 13.1 Å². The Morgan fingerprint density at radius 1 is 1.38 bits per heavy atom. The van der Waals surface area contributed by atoms with Gasteiger partial charge >= 0.3 is 5.97 Å². The van der Waals surface area contributed by atoms with Crippen molar-refractivity contribution in [3.8, 4) is 0 Å². The molecule has 116 valence electrons. The van der Waals surface area contributed by atoms with Crippen molar-refractivity contribution in [3.63, 3.8) is 0 Å². The minimum atomic E-state index is -0.142. The fraction of sp³-hybridized carbons (Fsp3) is 0.611. The lowest BCUT2D eigenvalue weighted by atomic mass is 9.84. The Morgan fingerprint density at radius 3 is 2.67 bits per heavy atom. The quantitative estimate of drug-likeness (QED) is 0.751. The molecule has 3 unspecified atom stereocenters. The van der Waals surface area contributed by atoms with E-state index in [1.807, 2.05) is 30.3 Å². The van der Waals surface area contributed by atoms with Crippen LogP contribution in [0.4, 0.5) is 0 Å². The number of esters is 1. The highest BCUT2D eigenvalue weighted by atomic mass is 16.5. The van der Waals surface area contributed by atoms with Gasteiger partial charge in [0.15, 0.2) is 0 Å². The van der Waals surface area contributed by atoms with Gasteiger partial charge in [-0.25, -0.2) is 0 Å². The van der Waals surface area contributed by atoms with Crippen molar-refractivity contribution in [2.45, 2.75) is 45.1 Å². The molecule has 1 fully saturated rings. The summed E-state index contributed by atoms with van der Waals surface area (Å²) in [6.45, 7) is 6.19. The number of nitrogens with zero attached hydrogens (tertiary/aromatic N) is 1. The molecular weight excluding hydrogens is 262 g/mol. The highest BCUT2D eigenvalue weighted by Gasteiger charge is 2.31. The Balaban J connectivity index is 2.09. The smallest absolute Gasteiger partial charge is 0.314 e. The first-order valence-corrected chi connectivity index (χ1v) is 8.05. The molecule has 3 heteroatoms. The van der Waals surface area contributed by atoms with E-state index < -0.39 is 0 Å². The molecule has 0 radical (unpaired) electrons. The topological polar surface area (TPSA) is 29.5 Å². The number of carbonyl (C=O) groups excluding carboxylic acids is 1. The van der Waals surface area contributed by atoms with Crippen molar-refractivity contribution in [2.75, 3.05) is 20.1 Å². The van der Waals surface area contributed by atoms with Crippen LogP contribution in [0.25, 0.3) is 0 Å². The first-order valence-electron chi connectivity index (χ1n) is 8.05. The van der Waals surface area contributed by atoms with Crippen molar-refractivity contribution in [3.05, 3.63) is 35.9 Å². The molecule has 0 saturated carbocycles. The minimum Gasteiger partial charge on any atom is -0.460 e. The van der Waals surface area contributed by atoms with Gasteiger partial charge in [-0.2, -0.15) is 0 Å². The standard InChI is InChI=1S/C18H27NO2/c1-4-8-14(2)17(15-9-6-5-7-10-15)18(20)21-16-11-12-19(3)13-16/h5-7,9-10,14,16-17H,4,8,11-13H2,1-3H3. The molecular formula is C18H27NO2. The Hall–Kier alpha value is -1.35. The number of ether oxygens (including phenoxy) is 1. The van der Waals surface area contributed by atoms with Crippen LogP contribution in [-0.2, 0) is 9.53 Å². The first kappa shape index (κ1) is 16.0. The van der Waals surface area contributed by atoms with Crippen molar-refractivity contribution in [1.29, 1.82) is 0 Å². The fourth-order valence-corrected chi connectivity index (χ4v) is 3.21. The summed E-state index contributed by atoms with van der Waals surface area (Å²) in [6.07, 6.45) is 3.14. The number of rotatable bonds is 6. The number of benzene rings is 1. The summed E-state index contributed by atoms with van der Waals surface area (Å²) in [5, 5.41) is 0. The molecule has 1 aromatic carbocycles. The monoisotopic (exact) mass is 289 g/mol. The maximum absolute atomic E-state index is 12.7. The molecule has 1 aliphatic rings. The summed E-state index contributed by atoms with van der Waals surface area (Å²) in [6, 6.07) is 10.1. The van der Waals surface area contributed by atoms with Crippen LogP contribution >= 0.6 is 0 Å². The van der Waals surface area contributed by atoms with Crippen LogP contribution in [0.3, 0.4) is 0 Å². The van der Waals surface area contributed by atoms with Gasteiger partial charge in [-0.15, -0.1) is 0 Å². The predicted octanol–water partition coefficient (Wildman–Crippen LogP) is 3.45. The van der Waals surface area contributed by atoms with Crippen LogP contribution in [0.2, 0.25) is 0 Å². The summed E-state index contributed by atoms with van der Waals surface area (Å²) < 4.78 is 5.79. The van der Waals surface area contributed by atoms with E-state index in [1.54, 1.807) is 0 Å². The van der Waals surface area contributed by atoms with Crippen LogP contribution in [-0.4, -0.2) is 37.1 Å².